The highest BCUT2D eigenvalue weighted by molar-refractivity contribution is 6.35. The number of amides is 2. The first-order valence-corrected chi connectivity index (χ1v) is 7.41. The van der Waals surface area contributed by atoms with E-state index >= 15 is 0 Å². The number of urea groups is 1. The standard InChI is InChI=1S/C15H13Cl3N2O2/c1-8-5-13(14(22-2)7-11(8)18)20-15(21)19-12-6-9(16)3-4-10(12)17/h3-7H,1-2H3,(H2,19,20,21). The number of aryl methyl sites for hydroxylation is 1. The fourth-order valence-electron chi connectivity index (χ4n) is 1.80. The van der Waals surface area contributed by atoms with Gasteiger partial charge in [0.15, 0.2) is 0 Å². The molecule has 0 atom stereocenters. The third-order valence-corrected chi connectivity index (χ3v) is 3.88. The molecule has 2 amide bonds. The Morgan fingerprint density at radius 3 is 2.36 bits per heavy atom. The second kappa shape index (κ2) is 7.09. The van der Waals surface area contributed by atoms with Gasteiger partial charge in [0.05, 0.1) is 23.5 Å². The molecule has 0 spiro atoms. The number of methoxy groups -OCH3 is 1. The Balaban J connectivity index is 2.19. The van der Waals surface area contributed by atoms with Gasteiger partial charge in [0.1, 0.15) is 5.75 Å². The van der Waals surface area contributed by atoms with Crippen LogP contribution in [0.15, 0.2) is 30.3 Å². The summed E-state index contributed by atoms with van der Waals surface area (Å²) in [4.78, 5) is 12.1. The molecule has 2 N–H and O–H groups in total. The molecule has 0 saturated carbocycles. The Morgan fingerprint density at radius 1 is 1.00 bits per heavy atom. The SMILES string of the molecule is COc1cc(Cl)c(C)cc1NC(=O)Nc1cc(Cl)ccc1Cl. The molecule has 0 saturated heterocycles. The van der Waals surface area contributed by atoms with E-state index in [2.05, 4.69) is 10.6 Å². The zero-order valence-electron chi connectivity index (χ0n) is 11.8. The number of benzene rings is 2. The summed E-state index contributed by atoms with van der Waals surface area (Å²) >= 11 is 17.9. The molecule has 0 bridgehead atoms. The van der Waals surface area contributed by atoms with Crippen LogP contribution in [-0.4, -0.2) is 13.1 Å². The van der Waals surface area contributed by atoms with Crippen LogP contribution < -0.4 is 15.4 Å². The quantitative estimate of drug-likeness (QED) is 0.748. The molecule has 0 aromatic heterocycles. The summed E-state index contributed by atoms with van der Waals surface area (Å²) in [6.07, 6.45) is 0. The molecule has 0 unspecified atom stereocenters. The number of hydrogen-bond acceptors (Lipinski definition) is 2. The molecule has 2 aromatic rings. The Morgan fingerprint density at radius 2 is 1.68 bits per heavy atom. The van der Waals surface area contributed by atoms with Gasteiger partial charge in [0, 0.05) is 16.1 Å². The van der Waals surface area contributed by atoms with Crippen LogP contribution in [0.4, 0.5) is 16.2 Å². The lowest BCUT2D eigenvalue weighted by molar-refractivity contribution is 0.262. The topological polar surface area (TPSA) is 50.4 Å². The van der Waals surface area contributed by atoms with Crippen molar-refractivity contribution in [1.29, 1.82) is 0 Å². The lowest BCUT2D eigenvalue weighted by atomic mass is 10.2. The molecule has 0 aliphatic heterocycles. The van der Waals surface area contributed by atoms with E-state index in [-0.39, 0.29) is 0 Å². The first-order valence-electron chi connectivity index (χ1n) is 6.28. The van der Waals surface area contributed by atoms with E-state index in [1.165, 1.54) is 7.11 Å². The van der Waals surface area contributed by atoms with E-state index < -0.39 is 6.03 Å². The average Bonchev–Trinajstić information content (AvgIpc) is 2.46. The summed E-state index contributed by atoms with van der Waals surface area (Å²) in [6.45, 7) is 1.83. The first kappa shape index (κ1) is 16.7. The Hall–Kier alpha value is -1.62. The highest BCUT2D eigenvalue weighted by Crippen LogP contribution is 2.31. The predicted molar refractivity (Wildman–Crippen MR) is 91.8 cm³/mol. The van der Waals surface area contributed by atoms with Crippen LogP contribution in [0, 0.1) is 6.92 Å². The Labute approximate surface area is 143 Å². The van der Waals surface area contributed by atoms with E-state index in [4.69, 9.17) is 39.5 Å². The van der Waals surface area contributed by atoms with E-state index in [0.29, 0.717) is 32.2 Å². The Kier molecular flexibility index (Phi) is 5.40. The molecule has 116 valence electrons. The molecule has 0 radical (unpaired) electrons. The van der Waals surface area contributed by atoms with Crippen molar-refractivity contribution in [3.8, 4) is 5.75 Å². The summed E-state index contributed by atoms with van der Waals surface area (Å²) < 4.78 is 5.20. The highest BCUT2D eigenvalue weighted by Gasteiger charge is 2.12. The summed E-state index contributed by atoms with van der Waals surface area (Å²) in [5.74, 6) is 0.461. The van der Waals surface area contributed by atoms with Crippen LogP contribution >= 0.6 is 34.8 Å². The fraction of sp³-hybridized carbons (Fsp3) is 0.133. The van der Waals surface area contributed by atoms with Gasteiger partial charge in [0.25, 0.3) is 0 Å². The van der Waals surface area contributed by atoms with Gasteiger partial charge in [-0.1, -0.05) is 34.8 Å². The predicted octanol–water partition coefficient (Wildman–Crippen LogP) is 5.61. The van der Waals surface area contributed by atoms with Gasteiger partial charge in [-0.25, -0.2) is 4.79 Å². The molecule has 0 heterocycles. The minimum atomic E-state index is -0.468. The second-order valence-corrected chi connectivity index (χ2v) is 5.76. The third-order valence-electron chi connectivity index (χ3n) is 2.91. The number of rotatable bonds is 3. The zero-order valence-corrected chi connectivity index (χ0v) is 14.1. The molecule has 0 fully saturated rings. The lowest BCUT2D eigenvalue weighted by Gasteiger charge is -2.13. The van der Waals surface area contributed by atoms with Crippen molar-refractivity contribution in [3.05, 3.63) is 51.0 Å². The second-order valence-electron chi connectivity index (χ2n) is 4.50. The van der Waals surface area contributed by atoms with E-state index in [0.717, 1.165) is 5.56 Å². The van der Waals surface area contributed by atoms with Crippen LogP contribution in [0.1, 0.15) is 5.56 Å². The maximum atomic E-state index is 12.1. The lowest BCUT2D eigenvalue weighted by Crippen LogP contribution is -2.20. The molecule has 7 heteroatoms. The summed E-state index contributed by atoms with van der Waals surface area (Å²) in [5.41, 5.74) is 1.73. The van der Waals surface area contributed by atoms with Crippen molar-refractivity contribution in [2.45, 2.75) is 6.92 Å². The highest BCUT2D eigenvalue weighted by atomic mass is 35.5. The van der Waals surface area contributed by atoms with E-state index in [1.807, 2.05) is 6.92 Å². The summed E-state index contributed by atoms with van der Waals surface area (Å²) in [7, 11) is 1.50. The van der Waals surface area contributed by atoms with Crippen molar-refractivity contribution in [2.75, 3.05) is 17.7 Å². The smallest absolute Gasteiger partial charge is 0.323 e. The van der Waals surface area contributed by atoms with E-state index in [1.54, 1.807) is 30.3 Å². The van der Waals surface area contributed by atoms with Crippen LogP contribution in [0.3, 0.4) is 0 Å². The third kappa shape index (κ3) is 3.97. The van der Waals surface area contributed by atoms with Gasteiger partial charge in [-0.2, -0.15) is 0 Å². The van der Waals surface area contributed by atoms with Crippen molar-refractivity contribution in [3.63, 3.8) is 0 Å². The van der Waals surface area contributed by atoms with Gasteiger partial charge < -0.3 is 15.4 Å². The van der Waals surface area contributed by atoms with Crippen LogP contribution in [-0.2, 0) is 0 Å². The number of halogens is 3. The normalized spacial score (nSPS) is 10.2. The molecular formula is C15H13Cl3N2O2. The van der Waals surface area contributed by atoms with Gasteiger partial charge in [-0.15, -0.1) is 0 Å². The van der Waals surface area contributed by atoms with Crippen molar-refractivity contribution in [1.82, 2.24) is 0 Å². The van der Waals surface area contributed by atoms with Crippen LogP contribution in [0.2, 0.25) is 15.1 Å². The number of carbonyl (C=O) groups excluding carboxylic acids is 1. The first-order chi connectivity index (χ1) is 10.4. The molecule has 4 nitrogen and oxygen atoms in total. The minimum Gasteiger partial charge on any atom is -0.495 e. The molecule has 22 heavy (non-hydrogen) atoms. The van der Waals surface area contributed by atoms with E-state index in [9.17, 15) is 4.79 Å². The number of nitrogens with one attached hydrogen (secondary N) is 2. The maximum Gasteiger partial charge on any atom is 0.323 e. The van der Waals surface area contributed by atoms with Gasteiger partial charge >= 0.3 is 6.03 Å². The van der Waals surface area contributed by atoms with Crippen molar-refractivity contribution < 1.29 is 9.53 Å². The minimum absolute atomic E-state index is 0.388. The van der Waals surface area contributed by atoms with Crippen LogP contribution in [0.25, 0.3) is 0 Å². The zero-order chi connectivity index (χ0) is 16.3. The monoisotopic (exact) mass is 358 g/mol. The van der Waals surface area contributed by atoms with Crippen molar-refractivity contribution >= 4 is 52.2 Å². The number of carbonyl (C=O) groups is 1. The molecular weight excluding hydrogens is 347 g/mol. The average molecular weight is 360 g/mol. The van der Waals surface area contributed by atoms with Gasteiger partial charge in [-0.05, 0) is 36.8 Å². The largest absolute Gasteiger partial charge is 0.495 e. The molecule has 2 aromatic carbocycles. The van der Waals surface area contributed by atoms with Gasteiger partial charge in [-0.3, -0.25) is 0 Å². The Bertz CT molecular complexity index is 720. The summed E-state index contributed by atoms with van der Waals surface area (Å²) in [5, 5.41) is 6.74. The van der Waals surface area contributed by atoms with Crippen LogP contribution in [0.5, 0.6) is 5.75 Å². The number of hydrogen-bond donors (Lipinski definition) is 2. The number of ether oxygens (including phenoxy) is 1. The van der Waals surface area contributed by atoms with Gasteiger partial charge in [0.2, 0.25) is 0 Å². The number of anilines is 2. The van der Waals surface area contributed by atoms with Crippen molar-refractivity contribution in [2.24, 2.45) is 0 Å². The molecule has 0 aliphatic carbocycles. The molecule has 2 rings (SSSR count). The maximum absolute atomic E-state index is 12.1. The molecule has 0 aliphatic rings. The fourth-order valence-corrected chi connectivity index (χ4v) is 2.29. The summed E-state index contributed by atoms with van der Waals surface area (Å²) in [6, 6.07) is 7.70.